The van der Waals surface area contributed by atoms with E-state index < -0.39 is 7.82 Å². The SMILES string of the molecule is CC(C)c1cc(C(C)C)c(-c2ccc3ccccc3c2-c2c(O)ccc3ccccc23)c(C(C)C)c1.O=P(O)(O)O. The van der Waals surface area contributed by atoms with E-state index in [2.05, 4.69) is 114 Å². The maximum Gasteiger partial charge on any atom is 0.466 e. The lowest BCUT2D eigenvalue weighted by Gasteiger charge is -2.26. The van der Waals surface area contributed by atoms with Crippen molar-refractivity contribution in [2.75, 3.05) is 0 Å². The van der Waals surface area contributed by atoms with Crippen LogP contribution in [0.1, 0.15) is 76.0 Å². The van der Waals surface area contributed by atoms with Crippen molar-refractivity contribution >= 4 is 29.4 Å². The Kier molecular flexibility index (Phi) is 9.06. The summed E-state index contributed by atoms with van der Waals surface area (Å²) in [5.41, 5.74) is 8.69. The summed E-state index contributed by atoms with van der Waals surface area (Å²) in [6.45, 7) is 13.7. The Morgan fingerprint density at radius 2 is 1.00 bits per heavy atom. The highest BCUT2D eigenvalue weighted by molar-refractivity contribution is 7.45. The van der Waals surface area contributed by atoms with E-state index in [1.807, 2.05) is 12.1 Å². The Labute approximate surface area is 242 Å². The summed E-state index contributed by atoms with van der Waals surface area (Å²) < 4.78 is 8.88. The highest BCUT2D eigenvalue weighted by atomic mass is 31.2. The van der Waals surface area contributed by atoms with Crippen LogP contribution in [0.25, 0.3) is 43.8 Å². The van der Waals surface area contributed by atoms with Crippen molar-refractivity contribution in [1.29, 1.82) is 0 Å². The molecule has 0 saturated carbocycles. The van der Waals surface area contributed by atoms with Crippen LogP contribution in [0.3, 0.4) is 0 Å². The van der Waals surface area contributed by atoms with Crippen LogP contribution in [0.4, 0.5) is 0 Å². The molecule has 0 aromatic heterocycles. The van der Waals surface area contributed by atoms with Gasteiger partial charge in [-0.05, 0) is 73.2 Å². The highest BCUT2D eigenvalue weighted by Gasteiger charge is 2.24. The van der Waals surface area contributed by atoms with E-state index in [-0.39, 0.29) is 0 Å². The minimum atomic E-state index is -4.64. The zero-order valence-electron chi connectivity index (χ0n) is 24.5. The minimum Gasteiger partial charge on any atom is -0.507 e. The smallest absolute Gasteiger partial charge is 0.466 e. The molecule has 4 N–H and O–H groups in total. The van der Waals surface area contributed by atoms with E-state index in [0.717, 1.165) is 21.9 Å². The summed E-state index contributed by atoms with van der Waals surface area (Å²) in [5.74, 6) is 1.53. The van der Waals surface area contributed by atoms with E-state index in [1.54, 1.807) is 0 Å². The average molecular weight is 571 g/mol. The number of phosphoric acid groups is 1. The average Bonchev–Trinajstić information content (AvgIpc) is 2.91. The highest BCUT2D eigenvalue weighted by Crippen LogP contribution is 2.48. The largest absolute Gasteiger partial charge is 0.507 e. The molecule has 0 bridgehead atoms. The van der Waals surface area contributed by atoms with Crippen molar-refractivity contribution in [2.24, 2.45) is 0 Å². The number of hydrogen-bond donors (Lipinski definition) is 4. The van der Waals surface area contributed by atoms with Crippen LogP contribution < -0.4 is 0 Å². The molecule has 5 nitrogen and oxygen atoms in total. The third-order valence-electron chi connectivity index (χ3n) is 7.49. The van der Waals surface area contributed by atoms with Crippen molar-refractivity contribution in [3.63, 3.8) is 0 Å². The number of aromatic hydroxyl groups is 1. The summed E-state index contributed by atoms with van der Waals surface area (Å²) in [5, 5.41) is 15.9. The molecule has 5 rings (SSSR count). The molecular formula is C35H39O5P. The number of fused-ring (bicyclic) bond motifs is 2. The second-order valence-electron chi connectivity index (χ2n) is 11.4. The predicted octanol–water partition coefficient (Wildman–Crippen LogP) is 9.47. The van der Waals surface area contributed by atoms with E-state index >= 15 is 0 Å². The molecule has 0 aliphatic carbocycles. The van der Waals surface area contributed by atoms with Crippen molar-refractivity contribution < 1.29 is 24.4 Å². The number of benzene rings is 5. The first-order valence-corrected chi connectivity index (χ1v) is 15.5. The lowest BCUT2D eigenvalue weighted by molar-refractivity contribution is 0.275. The molecule has 6 heteroatoms. The summed E-state index contributed by atoms with van der Waals surface area (Å²) in [6, 6.07) is 30.1. The van der Waals surface area contributed by atoms with Gasteiger partial charge < -0.3 is 19.8 Å². The molecule has 0 heterocycles. The molecule has 5 aromatic rings. The van der Waals surface area contributed by atoms with E-state index in [9.17, 15) is 5.11 Å². The van der Waals surface area contributed by atoms with Crippen LogP contribution in [0.5, 0.6) is 5.75 Å². The van der Waals surface area contributed by atoms with Gasteiger partial charge in [-0.1, -0.05) is 120 Å². The first kappa shape index (κ1) is 30.5. The topological polar surface area (TPSA) is 98.0 Å². The summed E-state index contributed by atoms with van der Waals surface area (Å²) >= 11 is 0. The Balaban J connectivity index is 0.000000714. The van der Waals surface area contributed by atoms with Crippen LogP contribution in [0, 0.1) is 0 Å². The Hall–Kier alpha value is -3.47. The molecule has 0 radical (unpaired) electrons. The first-order valence-electron chi connectivity index (χ1n) is 14.0. The van der Waals surface area contributed by atoms with Crippen LogP contribution in [0.2, 0.25) is 0 Å². The molecule has 0 spiro atoms. The number of hydrogen-bond acceptors (Lipinski definition) is 2. The van der Waals surface area contributed by atoms with Crippen molar-refractivity contribution in [2.45, 2.75) is 59.3 Å². The van der Waals surface area contributed by atoms with Gasteiger partial charge in [0.15, 0.2) is 0 Å². The van der Waals surface area contributed by atoms with Gasteiger partial charge in [0.25, 0.3) is 0 Å². The van der Waals surface area contributed by atoms with Gasteiger partial charge >= 0.3 is 7.82 Å². The molecule has 214 valence electrons. The van der Waals surface area contributed by atoms with Crippen molar-refractivity contribution in [3.8, 4) is 28.0 Å². The van der Waals surface area contributed by atoms with Gasteiger partial charge in [0.2, 0.25) is 0 Å². The lowest BCUT2D eigenvalue weighted by atomic mass is 9.78. The minimum absolute atomic E-state index is 0.322. The third-order valence-corrected chi connectivity index (χ3v) is 7.49. The fraction of sp³-hybridized carbons (Fsp3) is 0.257. The molecule has 0 aliphatic heterocycles. The summed E-state index contributed by atoms with van der Waals surface area (Å²) in [6.07, 6.45) is 0. The molecule has 0 saturated heterocycles. The third kappa shape index (κ3) is 6.72. The van der Waals surface area contributed by atoms with Gasteiger partial charge in [-0.25, -0.2) is 4.57 Å². The van der Waals surface area contributed by atoms with Crippen molar-refractivity contribution in [3.05, 3.63) is 102 Å². The van der Waals surface area contributed by atoms with Crippen LogP contribution in [0.15, 0.2) is 84.9 Å². The van der Waals surface area contributed by atoms with E-state index in [4.69, 9.17) is 19.2 Å². The van der Waals surface area contributed by atoms with E-state index in [1.165, 1.54) is 38.6 Å². The normalized spacial score (nSPS) is 11.9. The number of phenolic OH excluding ortho intramolecular Hbond substituents is 1. The van der Waals surface area contributed by atoms with Gasteiger partial charge in [-0.3, -0.25) is 0 Å². The molecule has 0 aliphatic rings. The second kappa shape index (κ2) is 12.2. The Morgan fingerprint density at radius 3 is 1.46 bits per heavy atom. The fourth-order valence-electron chi connectivity index (χ4n) is 5.54. The van der Waals surface area contributed by atoms with Gasteiger partial charge in [0.1, 0.15) is 5.75 Å². The molecule has 0 unspecified atom stereocenters. The zero-order chi connectivity index (χ0) is 30.1. The molecular weight excluding hydrogens is 531 g/mol. The van der Waals surface area contributed by atoms with Gasteiger partial charge in [0, 0.05) is 11.1 Å². The second-order valence-corrected chi connectivity index (χ2v) is 12.5. The molecule has 5 aromatic carbocycles. The van der Waals surface area contributed by atoms with E-state index in [0.29, 0.717) is 23.5 Å². The Morgan fingerprint density at radius 1 is 0.561 bits per heavy atom. The molecule has 41 heavy (non-hydrogen) atoms. The van der Waals surface area contributed by atoms with Crippen LogP contribution >= 0.6 is 7.82 Å². The van der Waals surface area contributed by atoms with Crippen LogP contribution in [-0.4, -0.2) is 19.8 Å². The number of phenols is 1. The van der Waals surface area contributed by atoms with Crippen molar-refractivity contribution in [1.82, 2.24) is 0 Å². The number of rotatable bonds is 5. The molecule has 0 amide bonds. The van der Waals surface area contributed by atoms with Gasteiger partial charge in [0.05, 0.1) is 0 Å². The van der Waals surface area contributed by atoms with Gasteiger partial charge in [-0.2, -0.15) is 0 Å². The summed E-state index contributed by atoms with van der Waals surface area (Å²) in [7, 11) is -4.64. The fourth-order valence-corrected chi connectivity index (χ4v) is 5.54. The molecule has 0 atom stereocenters. The first-order chi connectivity index (χ1) is 19.3. The monoisotopic (exact) mass is 570 g/mol. The Bertz CT molecular complexity index is 1710. The standard InChI is InChI=1S/C35H36O.H3O4P/c1-21(2)26-19-30(22(3)4)33(31(20-26)23(5)6)29-17-15-24-11-7-9-13-27(24)34(29)35-28-14-10-8-12-25(28)16-18-32(35)36;1-5(2,3)4/h7-23,36H,1-6H3;(H3,1,2,3,4). The lowest BCUT2D eigenvalue weighted by Crippen LogP contribution is -2.04. The maximum atomic E-state index is 11.4. The summed E-state index contributed by atoms with van der Waals surface area (Å²) in [4.78, 5) is 21.6. The maximum absolute atomic E-state index is 11.4. The predicted molar refractivity (Wildman–Crippen MR) is 171 cm³/mol. The van der Waals surface area contributed by atoms with Gasteiger partial charge in [-0.15, -0.1) is 0 Å². The quantitative estimate of drug-likeness (QED) is 0.158. The van der Waals surface area contributed by atoms with Crippen LogP contribution in [-0.2, 0) is 4.57 Å². The zero-order valence-corrected chi connectivity index (χ0v) is 25.4. The molecule has 0 fully saturated rings.